The average molecular weight is 169 g/mol. The van der Waals surface area contributed by atoms with Crippen molar-refractivity contribution in [1.82, 2.24) is 4.98 Å². The zero-order valence-corrected chi connectivity index (χ0v) is 7.25. The molecule has 0 saturated carbocycles. The first-order valence-corrected chi connectivity index (χ1v) is 4.13. The first kappa shape index (κ1) is 9.29. The second-order valence-corrected chi connectivity index (χ2v) is 3.20. The molecule has 12 heavy (non-hydrogen) atoms. The molecular weight excluding hydrogens is 154 g/mol. The van der Waals surface area contributed by atoms with Crippen molar-refractivity contribution in [3.05, 3.63) is 24.0 Å². The summed E-state index contributed by atoms with van der Waals surface area (Å²) in [5.41, 5.74) is 0.0545. The van der Waals surface area contributed by atoms with Gasteiger partial charge in [-0.3, -0.25) is 0 Å². The van der Waals surface area contributed by atoms with Gasteiger partial charge in [0, 0.05) is 24.6 Å². The van der Waals surface area contributed by atoms with Gasteiger partial charge in [-0.2, -0.15) is 0 Å². The van der Waals surface area contributed by atoms with E-state index in [0.717, 1.165) is 5.56 Å². The van der Waals surface area contributed by atoms with Crippen LogP contribution >= 0.6 is 0 Å². The summed E-state index contributed by atoms with van der Waals surface area (Å²) < 4.78 is 0. The first-order valence-electron chi connectivity index (χ1n) is 4.13. The van der Waals surface area contributed by atoms with Crippen LogP contribution in [0, 0.1) is 0 Å². The Morgan fingerprint density at radius 2 is 2.33 bits per heavy atom. The van der Waals surface area contributed by atoms with E-state index in [9.17, 15) is 5.11 Å². The Kier molecular flexibility index (Phi) is 2.89. The van der Waals surface area contributed by atoms with Crippen LogP contribution in [0.15, 0.2) is 18.5 Å². The Balaban J connectivity index is 2.59. The van der Waals surface area contributed by atoms with Gasteiger partial charge in [0.25, 0.3) is 0 Å². The number of hydrogen-bond donors (Lipinski definition) is 3. The minimum atomic E-state index is -0.817. The van der Waals surface area contributed by atoms with Crippen LogP contribution in [0.1, 0.15) is 25.3 Å². The lowest BCUT2D eigenvalue weighted by Gasteiger charge is -2.21. The third kappa shape index (κ3) is 2.09. The number of aliphatic hydroxyl groups excluding tert-OH is 1. The predicted octanol–water partition coefficient (Wildman–Crippen LogP) is 0.995. The van der Waals surface area contributed by atoms with Crippen LogP contribution in [0.3, 0.4) is 0 Å². The Labute approximate surface area is 72.1 Å². The summed E-state index contributed by atoms with van der Waals surface area (Å²) in [6.45, 7) is 1.88. The van der Waals surface area contributed by atoms with Crippen LogP contribution in [-0.2, 0) is 5.60 Å². The number of rotatable bonds is 4. The SMILES string of the molecule is CC(O)(CCCO)c1cc[nH]c1. The molecule has 1 rings (SSSR count). The lowest BCUT2D eigenvalue weighted by atomic mass is 9.94. The maximum atomic E-state index is 9.87. The van der Waals surface area contributed by atoms with E-state index >= 15 is 0 Å². The van der Waals surface area contributed by atoms with Crippen molar-refractivity contribution in [1.29, 1.82) is 0 Å². The molecule has 0 aliphatic heterocycles. The fourth-order valence-electron chi connectivity index (χ4n) is 1.23. The highest BCUT2D eigenvalue weighted by Gasteiger charge is 2.22. The van der Waals surface area contributed by atoms with Crippen LogP contribution in [0.4, 0.5) is 0 Å². The highest BCUT2D eigenvalue weighted by Crippen LogP contribution is 2.24. The summed E-state index contributed by atoms with van der Waals surface area (Å²) in [4.78, 5) is 2.89. The quantitative estimate of drug-likeness (QED) is 0.629. The second-order valence-electron chi connectivity index (χ2n) is 3.20. The molecule has 1 heterocycles. The predicted molar refractivity (Wildman–Crippen MR) is 46.7 cm³/mol. The maximum Gasteiger partial charge on any atom is 0.0883 e. The largest absolute Gasteiger partial charge is 0.396 e. The van der Waals surface area contributed by atoms with E-state index in [1.807, 2.05) is 6.07 Å². The highest BCUT2D eigenvalue weighted by molar-refractivity contribution is 5.16. The summed E-state index contributed by atoms with van der Waals surface area (Å²) >= 11 is 0. The minimum Gasteiger partial charge on any atom is -0.396 e. The first-order chi connectivity index (χ1) is 5.67. The fraction of sp³-hybridized carbons (Fsp3) is 0.556. The van der Waals surface area contributed by atoms with E-state index in [0.29, 0.717) is 12.8 Å². The molecule has 3 heteroatoms. The third-order valence-electron chi connectivity index (χ3n) is 2.04. The molecule has 0 aliphatic rings. The molecule has 1 unspecified atom stereocenters. The molecule has 1 atom stereocenters. The van der Waals surface area contributed by atoms with Gasteiger partial charge in [-0.15, -0.1) is 0 Å². The fourth-order valence-corrected chi connectivity index (χ4v) is 1.23. The van der Waals surface area contributed by atoms with Crippen molar-refractivity contribution in [2.24, 2.45) is 0 Å². The Morgan fingerprint density at radius 1 is 1.58 bits per heavy atom. The third-order valence-corrected chi connectivity index (χ3v) is 2.04. The molecule has 0 amide bonds. The van der Waals surface area contributed by atoms with Gasteiger partial charge in [0.2, 0.25) is 0 Å². The van der Waals surface area contributed by atoms with Gasteiger partial charge in [-0.25, -0.2) is 0 Å². The molecule has 3 nitrogen and oxygen atoms in total. The van der Waals surface area contributed by atoms with Crippen molar-refractivity contribution in [2.45, 2.75) is 25.4 Å². The molecule has 0 bridgehead atoms. The van der Waals surface area contributed by atoms with E-state index in [4.69, 9.17) is 5.11 Å². The zero-order chi connectivity index (χ0) is 9.03. The van der Waals surface area contributed by atoms with Crippen molar-refractivity contribution >= 4 is 0 Å². The van der Waals surface area contributed by atoms with Gasteiger partial charge < -0.3 is 15.2 Å². The molecule has 3 N–H and O–H groups in total. The van der Waals surface area contributed by atoms with E-state index in [2.05, 4.69) is 4.98 Å². The summed E-state index contributed by atoms with van der Waals surface area (Å²) in [7, 11) is 0. The molecule has 1 aromatic rings. The zero-order valence-electron chi connectivity index (χ0n) is 7.25. The standard InChI is InChI=1S/C9H15NO2/c1-9(12,4-2-6-11)8-3-5-10-7-8/h3,5,7,10-12H,2,4,6H2,1H3. The number of aromatic nitrogens is 1. The van der Waals surface area contributed by atoms with Gasteiger partial charge in [0.1, 0.15) is 0 Å². The summed E-state index contributed by atoms with van der Waals surface area (Å²) in [5.74, 6) is 0. The Bertz CT molecular complexity index is 216. The van der Waals surface area contributed by atoms with Crippen molar-refractivity contribution < 1.29 is 10.2 Å². The van der Waals surface area contributed by atoms with E-state index in [-0.39, 0.29) is 6.61 Å². The molecule has 0 saturated heterocycles. The van der Waals surface area contributed by atoms with Crippen molar-refractivity contribution in [3.63, 3.8) is 0 Å². The van der Waals surface area contributed by atoms with Crippen LogP contribution in [0.25, 0.3) is 0 Å². The van der Waals surface area contributed by atoms with E-state index < -0.39 is 5.60 Å². The van der Waals surface area contributed by atoms with Crippen LogP contribution in [0.2, 0.25) is 0 Å². The van der Waals surface area contributed by atoms with E-state index in [1.54, 1.807) is 19.3 Å². The van der Waals surface area contributed by atoms with Gasteiger partial charge in [-0.1, -0.05) is 0 Å². The molecule has 1 aromatic heterocycles. The van der Waals surface area contributed by atoms with Gasteiger partial charge in [0.05, 0.1) is 5.60 Å². The molecule has 0 aliphatic carbocycles. The number of aliphatic hydroxyl groups is 2. The van der Waals surface area contributed by atoms with Crippen LogP contribution in [-0.4, -0.2) is 21.8 Å². The van der Waals surface area contributed by atoms with Crippen LogP contribution in [0.5, 0.6) is 0 Å². The van der Waals surface area contributed by atoms with Crippen molar-refractivity contribution in [3.8, 4) is 0 Å². The number of aromatic amines is 1. The summed E-state index contributed by atoms with van der Waals surface area (Å²) in [6.07, 6.45) is 4.76. The minimum absolute atomic E-state index is 0.126. The smallest absolute Gasteiger partial charge is 0.0883 e. The maximum absolute atomic E-state index is 9.87. The number of H-pyrrole nitrogens is 1. The molecular formula is C9H15NO2. The van der Waals surface area contributed by atoms with Gasteiger partial charge in [0.15, 0.2) is 0 Å². The van der Waals surface area contributed by atoms with Gasteiger partial charge in [-0.05, 0) is 25.8 Å². The summed E-state index contributed by atoms with van der Waals surface area (Å²) in [5, 5.41) is 18.5. The molecule has 0 fully saturated rings. The molecule has 0 spiro atoms. The summed E-state index contributed by atoms with van der Waals surface area (Å²) in [6, 6.07) is 1.84. The van der Waals surface area contributed by atoms with E-state index in [1.165, 1.54) is 0 Å². The lowest BCUT2D eigenvalue weighted by molar-refractivity contribution is 0.0405. The molecule has 68 valence electrons. The topological polar surface area (TPSA) is 56.2 Å². The highest BCUT2D eigenvalue weighted by atomic mass is 16.3. The number of nitrogens with one attached hydrogen (secondary N) is 1. The van der Waals surface area contributed by atoms with Crippen LogP contribution < -0.4 is 0 Å². The van der Waals surface area contributed by atoms with Crippen molar-refractivity contribution in [2.75, 3.05) is 6.61 Å². The molecule has 0 radical (unpaired) electrons. The molecule has 0 aromatic carbocycles. The number of hydrogen-bond acceptors (Lipinski definition) is 2. The average Bonchev–Trinajstić information content (AvgIpc) is 2.53. The Morgan fingerprint density at radius 3 is 2.83 bits per heavy atom. The lowest BCUT2D eigenvalue weighted by Crippen LogP contribution is -2.20. The second kappa shape index (κ2) is 3.74. The van der Waals surface area contributed by atoms with Gasteiger partial charge >= 0.3 is 0 Å². The normalized spacial score (nSPS) is 15.9. The monoisotopic (exact) mass is 169 g/mol. The Hall–Kier alpha value is -0.800.